The first-order chi connectivity index (χ1) is 13.7. The minimum atomic E-state index is 0.141. The Morgan fingerprint density at radius 3 is 2.31 bits per heavy atom. The van der Waals surface area contributed by atoms with E-state index in [0.29, 0.717) is 5.02 Å². The fourth-order valence-corrected chi connectivity index (χ4v) is 3.70. The summed E-state index contributed by atoms with van der Waals surface area (Å²) in [7, 11) is 0. The lowest BCUT2D eigenvalue weighted by atomic mass is 9.95. The van der Waals surface area contributed by atoms with Crippen molar-refractivity contribution in [2.75, 3.05) is 18.4 Å². The number of benzene rings is 2. The number of hydrogen-bond donors (Lipinski definition) is 2. The number of pyridine rings is 1. The van der Waals surface area contributed by atoms with Gasteiger partial charge in [-0.1, -0.05) is 23.7 Å². The van der Waals surface area contributed by atoms with Crippen LogP contribution in [0, 0.1) is 20.8 Å². The van der Waals surface area contributed by atoms with E-state index in [-0.39, 0.29) is 5.54 Å². The number of anilines is 1. The maximum Gasteiger partial charge on any atom is 0.0738 e. The van der Waals surface area contributed by atoms with Gasteiger partial charge in [0.05, 0.1) is 11.2 Å². The summed E-state index contributed by atoms with van der Waals surface area (Å²) in [5.74, 6) is 0. The molecule has 0 aliphatic rings. The van der Waals surface area contributed by atoms with Crippen molar-refractivity contribution in [1.29, 1.82) is 0 Å². The molecule has 0 saturated heterocycles. The van der Waals surface area contributed by atoms with Crippen molar-refractivity contribution in [2.24, 2.45) is 0 Å². The first kappa shape index (κ1) is 21.6. The Morgan fingerprint density at radius 2 is 1.66 bits per heavy atom. The van der Waals surface area contributed by atoms with E-state index in [4.69, 9.17) is 16.6 Å². The number of hydrogen-bond acceptors (Lipinski definition) is 3. The smallest absolute Gasteiger partial charge is 0.0738 e. The molecular formula is C25H32ClN3. The highest BCUT2D eigenvalue weighted by atomic mass is 35.5. The van der Waals surface area contributed by atoms with E-state index in [2.05, 4.69) is 70.4 Å². The predicted molar refractivity (Wildman–Crippen MR) is 127 cm³/mol. The van der Waals surface area contributed by atoms with Gasteiger partial charge in [0.1, 0.15) is 0 Å². The average Bonchev–Trinajstić information content (AvgIpc) is 2.64. The third kappa shape index (κ3) is 5.29. The molecule has 3 nitrogen and oxygen atoms in total. The lowest BCUT2D eigenvalue weighted by Gasteiger charge is -2.21. The molecule has 0 fully saturated rings. The third-order valence-electron chi connectivity index (χ3n) is 5.38. The SMILES string of the molecule is Cc1cc(-c2cnc3cc(Cl)ccc3c2NCCCNC(C)(C)C)cc(C)c1C. The monoisotopic (exact) mass is 409 g/mol. The standard InChI is InChI=1S/C25H32ClN3/c1-16-12-19(13-17(2)18(16)3)22-15-28-23-14-20(26)8-9-21(23)24(22)27-10-7-11-29-25(4,5)6/h8-9,12-15,29H,7,10-11H2,1-6H3,(H,27,28). The van der Waals surface area contributed by atoms with Crippen molar-refractivity contribution in [3.05, 3.63) is 58.2 Å². The Morgan fingerprint density at radius 1 is 0.966 bits per heavy atom. The van der Waals surface area contributed by atoms with E-state index in [9.17, 15) is 0 Å². The number of halogens is 1. The Kier molecular flexibility index (Phi) is 6.50. The van der Waals surface area contributed by atoms with Crippen LogP contribution in [0.2, 0.25) is 5.02 Å². The topological polar surface area (TPSA) is 37.0 Å². The lowest BCUT2D eigenvalue weighted by molar-refractivity contribution is 0.425. The molecule has 0 aliphatic heterocycles. The molecule has 4 heteroatoms. The molecule has 3 aromatic rings. The first-order valence-electron chi connectivity index (χ1n) is 10.3. The normalized spacial score (nSPS) is 11.8. The molecule has 29 heavy (non-hydrogen) atoms. The fourth-order valence-electron chi connectivity index (χ4n) is 3.53. The summed E-state index contributed by atoms with van der Waals surface area (Å²) in [4.78, 5) is 4.70. The average molecular weight is 410 g/mol. The zero-order chi connectivity index (χ0) is 21.2. The second kappa shape index (κ2) is 8.73. The van der Waals surface area contributed by atoms with Gasteiger partial charge in [-0.25, -0.2) is 0 Å². The van der Waals surface area contributed by atoms with Crippen molar-refractivity contribution >= 4 is 28.2 Å². The van der Waals surface area contributed by atoms with E-state index < -0.39 is 0 Å². The maximum absolute atomic E-state index is 6.21. The van der Waals surface area contributed by atoms with Crippen molar-refractivity contribution in [2.45, 2.75) is 53.5 Å². The van der Waals surface area contributed by atoms with Gasteiger partial charge in [-0.05, 0) is 95.0 Å². The molecule has 154 valence electrons. The van der Waals surface area contributed by atoms with Gasteiger partial charge in [-0.3, -0.25) is 4.98 Å². The van der Waals surface area contributed by atoms with Crippen LogP contribution in [0.4, 0.5) is 5.69 Å². The number of aromatic nitrogens is 1. The molecule has 2 N–H and O–H groups in total. The summed E-state index contributed by atoms with van der Waals surface area (Å²) in [5.41, 5.74) is 8.47. The lowest BCUT2D eigenvalue weighted by Crippen LogP contribution is -2.36. The molecule has 0 spiro atoms. The van der Waals surface area contributed by atoms with Crippen LogP contribution in [0.15, 0.2) is 36.5 Å². The van der Waals surface area contributed by atoms with E-state index in [0.717, 1.165) is 41.7 Å². The maximum atomic E-state index is 6.21. The Bertz CT molecular complexity index is 995. The number of nitrogens with one attached hydrogen (secondary N) is 2. The van der Waals surface area contributed by atoms with E-state index >= 15 is 0 Å². The number of fused-ring (bicyclic) bond motifs is 1. The van der Waals surface area contributed by atoms with Crippen LogP contribution in [0.5, 0.6) is 0 Å². The second-order valence-electron chi connectivity index (χ2n) is 8.90. The molecule has 0 unspecified atom stereocenters. The molecule has 0 aliphatic carbocycles. The van der Waals surface area contributed by atoms with Crippen LogP contribution in [0.1, 0.15) is 43.9 Å². The zero-order valence-electron chi connectivity index (χ0n) is 18.4. The van der Waals surface area contributed by atoms with Gasteiger partial charge in [0.25, 0.3) is 0 Å². The zero-order valence-corrected chi connectivity index (χ0v) is 19.2. The van der Waals surface area contributed by atoms with Gasteiger partial charge in [0, 0.05) is 34.3 Å². The number of nitrogens with zero attached hydrogens (tertiary/aromatic N) is 1. The molecule has 0 saturated carbocycles. The summed E-state index contributed by atoms with van der Waals surface area (Å²) in [5, 5.41) is 9.05. The van der Waals surface area contributed by atoms with Crippen LogP contribution < -0.4 is 10.6 Å². The highest BCUT2D eigenvalue weighted by Gasteiger charge is 2.13. The van der Waals surface area contributed by atoms with E-state index in [1.807, 2.05) is 18.3 Å². The largest absolute Gasteiger partial charge is 0.384 e. The minimum Gasteiger partial charge on any atom is -0.384 e. The van der Waals surface area contributed by atoms with Crippen LogP contribution in [-0.4, -0.2) is 23.6 Å². The van der Waals surface area contributed by atoms with Gasteiger partial charge >= 0.3 is 0 Å². The molecule has 0 bridgehead atoms. The molecular weight excluding hydrogens is 378 g/mol. The molecule has 1 heterocycles. The van der Waals surface area contributed by atoms with Crippen molar-refractivity contribution in [3.8, 4) is 11.1 Å². The van der Waals surface area contributed by atoms with Crippen LogP contribution in [0.25, 0.3) is 22.0 Å². The van der Waals surface area contributed by atoms with Gasteiger partial charge in [0.15, 0.2) is 0 Å². The van der Waals surface area contributed by atoms with Gasteiger partial charge < -0.3 is 10.6 Å². The highest BCUT2D eigenvalue weighted by Crippen LogP contribution is 2.36. The molecule has 3 rings (SSSR count). The predicted octanol–water partition coefficient (Wildman–Crippen LogP) is 6.67. The summed E-state index contributed by atoms with van der Waals surface area (Å²) in [6, 6.07) is 10.4. The quantitative estimate of drug-likeness (QED) is 0.446. The van der Waals surface area contributed by atoms with Crippen LogP contribution in [0.3, 0.4) is 0 Å². The number of aryl methyl sites for hydroxylation is 2. The highest BCUT2D eigenvalue weighted by molar-refractivity contribution is 6.31. The van der Waals surface area contributed by atoms with Gasteiger partial charge in [-0.15, -0.1) is 0 Å². The van der Waals surface area contributed by atoms with E-state index in [1.54, 1.807) is 0 Å². The first-order valence-corrected chi connectivity index (χ1v) is 10.7. The van der Waals surface area contributed by atoms with Gasteiger partial charge in [0.2, 0.25) is 0 Å². The Labute approximate surface area is 179 Å². The summed E-state index contributed by atoms with van der Waals surface area (Å²) >= 11 is 6.21. The van der Waals surface area contributed by atoms with Crippen molar-refractivity contribution in [1.82, 2.24) is 10.3 Å². The molecule has 0 amide bonds. The Hall–Kier alpha value is -2.10. The minimum absolute atomic E-state index is 0.141. The summed E-state index contributed by atoms with van der Waals surface area (Å²) in [6.07, 6.45) is 3.01. The fraction of sp³-hybridized carbons (Fsp3) is 0.400. The summed E-state index contributed by atoms with van der Waals surface area (Å²) < 4.78 is 0. The number of rotatable bonds is 6. The molecule has 1 aromatic heterocycles. The second-order valence-corrected chi connectivity index (χ2v) is 9.34. The van der Waals surface area contributed by atoms with Crippen LogP contribution in [-0.2, 0) is 0 Å². The Balaban J connectivity index is 1.97. The van der Waals surface area contributed by atoms with E-state index in [1.165, 1.54) is 22.3 Å². The molecule has 0 atom stereocenters. The summed E-state index contributed by atoms with van der Waals surface area (Å²) in [6.45, 7) is 15.0. The third-order valence-corrected chi connectivity index (χ3v) is 5.61. The molecule has 2 aromatic carbocycles. The van der Waals surface area contributed by atoms with Crippen molar-refractivity contribution < 1.29 is 0 Å². The molecule has 0 radical (unpaired) electrons. The van der Waals surface area contributed by atoms with Gasteiger partial charge in [-0.2, -0.15) is 0 Å². The van der Waals surface area contributed by atoms with Crippen molar-refractivity contribution in [3.63, 3.8) is 0 Å². The van der Waals surface area contributed by atoms with Crippen LogP contribution >= 0.6 is 11.6 Å².